The van der Waals surface area contributed by atoms with Crippen LogP contribution in [0.2, 0.25) is 0 Å². The molecule has 2 heterocycles. The molecule has 4 aromatic rings. The molecule has 6 nitrogen and oxygen atoms in total. The van der Waals surface area contributed by atoms with E-state index in [2.05, 4.69) is 6.92 Å². The molecule has 0 bridgehead atoms. The van der Waals surface area contributed by atoms with Gasteiger partial charge in [0, 0.05) is 5.69 Å². The Hall–Kier alpha value is -4.13. The molecule has 0 spiro atoms. The maximum absolute atomic E-state index is 14.1. The van der Waals surface area contributed by atoms with Gasteiger partial charge in [-0.05, 0) is 79.4 Å². The Kier molecular flexibility index (Phi) is 6.46. The van der Waals surface area contributed by atoms with Crippen LogP contribution >= 0.6 is 0 Å². The SMILES string of the molecule is CCCCOc1ccc(C2c3c(oc4ccc(F)cc4c3=O)C(=O)N2c2ccc(C)c(C)c2)cc1OC. The van der Waals surface area contributed by atoms with E-state index in [1.54, 1.807) is 24.1 Å². The second kappa shape index (κ2) is 9.73. The van der Waals surface area contributed by atoms with Crippen molar-refractivity contribution >= 4 is 22.6 Å². The van der Waals surface area contributed by atoms with Gasteiger partial charge in [0.05, 0.1) is 30.7 Å². The fourth-order valence-corrected chi connectivity index (χ4v) is 4.70. The lowest BCUT2D eigenvalue weighted by Gasteiger charge is -2.26. The van der Waals surface area contributed by atoms with Gasteiger partial charge in [-0.25, -0.2) is 4.39 Å². The number of fused-ring (bicyclic) bond motifs is 2. The van der Waals surface area contributed by atoms with E-state index < -0.39 is 23.2 Å². The summed E-state index contributed by atoms with van der Waals surface area (Å²) in [7, 11) is 1.55. The highest BCUT2D eigenvalue weighted by molar-refractivity contribution is 6.10. The number of hydrogen-bond acceptors (Lipinski definition) is 5. The number of halogens is 1. The van der Waals surface area contributed by atoms with Crippen molar-refractivity contribution in [2.75, 3.05) is 18.6 Å². The number of carbonyl (C=O) groups excluding carboxylic acids is 1. The largest absolute Gasteiger partial charge is 0.493 e. The van der Waals surface area contributed by atoms with Gasteiger partial charge in [-0.3, -0.25) is 14.5 Å². The number of benzene rings is 3. The summed E-state index contributed by atoms with van der Waals surface area (Å²) in [5.74, 6) is 0.0330. The van der Waals surface area contributed by atoms with Crippen LogP contribution in [0.5, 0.6) is 11.5 Å². The molecular weight excluding hydrogens is 473 g/mol. The molecule has 1 amide bonds. The van der Waals surface area contributed by atoms with Crippen molar-refractivity contribution in [3.63, 3.8) is 0 Å². The van der Waals surface area contributed by atoms with Gasteiger partial charge in [0.25, 0.3) is 5.91 Å². The summed E-state index contributed by atoms with van der Waals surface area (Å²) < 4.78 is 31.5. The first-order chi connectivity index (χ1) is 17.8. The van der Waals surface area contributed by atoms with Crippen LogP contribution in [0.4, 0.5) is 10.1 Å². The molecule has 1 aromatic heterocycles. The van der Waals surface area contributed by atoms with Gasteiger partial charge in [-0.2, -0.15) is 0 Å². The van der Waals surface area contributed by atoms with Gasteiger partial charge in [0.2, 0.25) is 5.76 Å². The van der Waals surface area contributed by atoms with E-state index in [-0.39, 0.29) is 22.3 Å². The predicted molar refractivity (Wildman–Crippen MR) is 140 cm³/mol. The molecule has 1 unspecified atom stereocenters. The highest BCUT2D eigenvalue weighted by Crippen LogP contribution is 2.43. The van der Waals surface area contributed by atoms with Crippen LogP contribution in [0.15, 0.2) is 63.8 Å². The molecule has 0 fully saturated rings. The maximum atomic E-state index is 14.1. The quantitative estimate of drug-likeness (QED) is 0.271. The lowest BCUT2D eigenvalue weighted by atomic mass is 9.97. The minimum atomic E-state index is -0.799. The second-order valence-electron chi connectivity index (χ2n) is 9.27. The normalized spacial score (nSPS) is 14.8. The van der Waals surface area contributed by atoms with E-state index >= 15 is 0 Å². The van der Waals surface area contributed by atoms with E-state index in [0.29, 0.717) is 29.4 Å². The zero-order chi connectivity index (χ0) is 26.3. The smallest absolute Gasteiger partial charge is 0.295 e. The summed E-state index contributed by atoms with van der Waals surface area (Å²) in [6.07, 6.45) is 1.90. The number of ether oxygens (including phenoxy) is 2. The monoisotopic (exact) mass is 501 g/mol. The standard InChI is InChI=1S/C30H28FNO5/c1-5-6-13-36-24-11-8-19(15-25(24)35-4)27-26-28(33)22-16-20(31)9-12-23(22)37-29(26)30(34)32(27)21-10-7-17(2)18(3)14-21/h7-12,14-16,27H,5-6,13H2,1-4H3. The van der Waals surface area contributed by atoms with Crippen molar-refractivity contribution < 1.29 is 23.1 Å². The molecule has 190 valence electrons. The van der Waals surface area contributed by atoms with Crippen molar-refractivity contribution in [1.82, 2.24) is 0 Å². The summed E-state index contributed by atoms with van der Waals surface area (Å²) in [5.41, 5.74) is 3.25. The van der Waals surface area contributed by atoms with Gasteiger partial charge in [-0.15, -0.1) is 0 Å². The second-order valence-corrected chi connectivity index (χ2v) is 9.27. The molecule has 0 saturated heterocycles. The first-order valence-corrected chi connectivity index (χ1v) is 12.3. The van der Waals surface area contributed by atoms with Crippen molar-refractivity contribution in [2.24, 2.45) is 0 Å². The van der Waals surface area contributed by atoms with Gasteiger partial charge in [0.1, 0.15) is 11.4 Å². The minimum Gasteiger partial charge on any atom is -0.493 e. The lowest BCUT2D eigenvalue weighted by Crippen LogP contribution is -2.29. The van der Waals surface area contributed by atoms with Gasteiger partial charge >= 0.3 is 0 Å². The van der Waals surface area contributed by atoms with Crippen molar-refractivity contribution in [1.29, 1.82) is 0 Å². The van der Waals surface area contributed by atoms with E-state index in [1.165, 1.54) is 12.1 Å². The molecule has 0 saturated carbocycles. The fraction of sp³-hybridized carbons (Fsp3) is 0.267. The van der Waals surface area contributed by atoms with Crippen LogP contribution in [0.25, 0.3) is 11.0 Å². The molecule has 1 aliphatic heterocycles. The zero-order valence-corrected chi connectivity index (χ0v) is 21.3. The first kappa shape index (κ1) is 24.6. The van der Waals surface area contributed by atoms with E-state index in [4.69, 9.17) is 13.9 Å². The third-order valence-corrected chi connectivity index (χ3v) is 6.86. The molecule has 37 heavy (non-hydrogen) atoms. The Balaban J connectivity index is 1.73. The van der Waals surface area contributed by atoms with Crippen LogP contribution in [0.1, 0.15) is 58.6 Å². The minimum absolute atomic E-state index is 0.0467. The Labute approximate surface area is 214 Å². The summed E-state index contributed by atoms with van der Waals surface area (Å²) in [4.78, 5) is 29.1. The third kappa shape index (κ3) is 4.24. The molecule has 1 aliphatic rings. The molecule has 5 rings (SSSR count). The van der Waals surface area contributed by atoms with Crippen LogP contribution in [0, 0.1) is 19.7 Å². The molecule has 0 N–H and O–H groups in total. The average Bonchev–Trinajstić information content (AvgIpc) is 3.19. The van der Waals surface area contributed by atoms with E-state index in [0.717, 1.165) is 30.0 Å². The molecule has 7 heteroatoms. The van der Waals surface area contributed by atoms with Gasteiger partial charge < -0.3 is 13.9 Å². The molecule has 1 atom stereocenters. The number of rotatable bonds is 7. The van der Waals surface area contributed by atoms with Crippen LogP contribution in [-0.2, 0) is 0 Å². The Morgan fingerprint density at radius 2 is 1.78 bits per heavy atom. The summed E-state index contributed by atoms with van der Waals surface area (Å²) in [6.45, 7) is 6.59. The Bertz CT molecular complexity index is 1570. The number of amides is 1. The third-order valence-electron chi connectivity index (χ3n) is 6.86. The molecule has 0 aliphatic carbocycles. The topological polar surface area (TPSA) is 69.0 Å². The Morgan fingerprint density at radius 1 is 0.973 bits per heavy atom. The number of unbranched alkanes of at least 4 members (excludes halogenated alkanes) is 1. The average molecular weight is 502 g/mol. The van der Waals surface area contributed by atoms with Crippen molar-refractivity contribution in [2.45, 2.75) is 39.7 Å². The first-order valence-electron chi connectivity index (χ1n) is 12.3. The van der Waals surface area contributed by atoms with Crippen molar-refractivity contribution in [3.05, 3.63) is 98.7 Å². The molecule has 0 radical (unpaired) electrons. The number of methoxy groups -OCH3 is 1. The highest BCUT2D eigenvalue weighted by atomic mass is 19.1. The summed E-state index contributed by atoms with van der Waals surface area (Å²) >= 11 is 0. The van der Waals surface area contributed by atoms with Gasteiger partial charge in [0.15, 0.2) is 16.9 Å². The maximum Gasteiger partial charge on any atom is 0.295 e. The number of anilines is 1. The number of nitrogens with zero attached hydrogens (tertiary/aromatic N) is 1. The molecular formula is C30H28FNO5. The van der Waals surface area contributed by atoms with E-state index in [1.807, 2.05) is 38.1 Å². The number of hydrogen-bond donors (Lipinski definition) is 0. The summed E-state index contributed by atoms with van der Waals surface area (Å²) in [6, 6.07) is 14.0. The van der Waals surface area contributed by atoms with Crippen LogP contribution < -0.4 is 19.8 Å². The fourth-order valence-electron chi connectivity index (χ4n) is 4.70. The Morgan fingerprint density at radius 3 is 2.51 bits per heavy atom. The lowest BCUT2D eigenvalue weighted by molar-refractivity contribution is 0.0971. The molecule has 3 aromatic carbocycles. The zero-order valence-electron chi connectivity index (χ0n) is 21.3. The van der Waals surface area contributed by atoms with Crippen molar-refractivity contribution in [3.8, 4) is 11.5 Å². The van der Waals surface area contributed by atoms with Crippen LogP contribution in [0.3, 0.4) is 0 Å². The van der Waals surface area contributed by atoms with E-state index in [9.17, 15) is 14.0 Å². The predicted octanol–water partition coefficient (Wildman–Crippen LogP) is 6.49. The number of carbonyl (C=O) groups is 1. The summed E-state index contributed by atoms with van der Waals surface area (Å²) in [5, 5.41) is 0.0879. The van der Waals surface area contributed by atoms with Gasteiger partial charge in [-0.1, -0.05) is 25.5 Å². The highest BCUT2D eigenvalue weighted by Gasteiger charge is 2.44. The number of aryl methyl sites for hydroxylation is 2. The van der Waals surface area contributed by atoms with Crippen LogP contribution in [-0.4, -0.2) is 19.6 Å².